The summed E-state index contributed by atoms with van der Waals surface area (Å²) in [4.78, 5) is 2.54. The van der Waals surface area contributed by atoms with E-state index in [1.807, 2.05) is 0 Å². The quantitative estimate of drug-likeness (QED) is 0.155. The van der Waals surface area contributed by atoms with Crippen molar-refractivity contribution in [3.8, 4) is 66.8 Å². The highest BCUT2D eigenvalue weighted by Crippen LogP contribution is 2.57. The van der Waals surface area contributed by atoms with Crippen LogP contribution in [0.4, 0.5) is 17.1 Å². The van der Waals surface area contributed by atoms with Crippen LogP contribution in [0, 0.1) is 13.8 Å². The van der Waals surface area contributed by atoms with E-state index in [2.05, 4.69) is 274 Å². The number of rotatable bonds is 5. The Bertz CT molecular complexity index is 4250. The van der Waals surface area contributed by atoms with Crippen LogP contribution in [0.15, 0.2) is 200 Å². The number of anilines is 3. The van der Waals surface area contributed by atoms with Crippen molar-refractivity contribution in [1.82, 2.24) is 0 Å². The van der Waals surface area contributed by atoms with Crippen molar-refractivity contribution in [3.63, 3.8) is 0 Å². The molecule has 0 bridgehead atoms. The fourth-order valence-electron chi connectivity index (χ4n) is 15.1. The maximum Gasteiger partial charge on any atom is 0.0465 e. The van der Waals surface area contributed by atoms with Crippen LogP contribution in [0.2, 0.25) is 0 Å². The van der Waals surface area contributed by atoms with Gasteiger partial charge in [0.25, 0.3) is 0 Å². The van der Waals surface area contributed by atoms with Crippen LogP contribution in [-0.2, 0) is 21.7 Å². The van der Waals surface area contributed by atoms with E-state index in [1.165, 1.54) is 161 Å². The second-order valence-electron chi connectivity index (χ2n) is 25.0. The molecule has 1 nitrogen and oxygen atoms in total. The summed E-state index contributed by atoms with van der Waals surface area (Å²) in [5.41, 5.74) is 32.5. The third-order valence-electron chi connectivity index (χ3n) is 19.2. The van der Waals surface area contributed by atoms with Gasteiger partial charge in [0, 0.05) is 38.7 Å². The Morgan fingerprint density at radius 1 is 0.247 bits per heavy atom. The highest BCUT2D eigenvalue weighted by Gasteiger charge is 2.41. The first-order valence-corrected chi connectivity index (χ1v) is 27.8. The Labute approximate surface area is 454 Å². The molecular formula is C76H63N. The number of benzene rings is 11. The van der Waals surface area contributed by atoms with E-state index in [0.717, 1.165) is 0 Å². The summed E-state index contributed by atoms with van der Waals surface area (Å²) in [5, 5.41) is 5.12. The van der Waals surface area contributed by atoms with Gasteiger partial charge in [-0.2, -0.15) is 0 Å². The number of fused-ring (bicyclic) bond motifs is 14. The average molecular weight is 990 g/mol. The summed E-state index contributed by atoms with van der Waals surface area (Å²) < 4.78 is 0. The van der Waals surface area contributed by atoms with Crippen molar-refractivity contribution in [2.75, 3.05) is 4.90 Å². The van der Waals surface area contributed by atoms with Crippen molar-refractivity contribution in [2.24, 2.45) is 0 Å². The molecule has 0 amide bonds. The molecule has 0 radical (unpaired) electrons. The molecule has 4 aliphatic rings. The van der Waals surface area contributed by atoms with Crippen LogP contribution in [-0.4, -0.2) is 0 Å². The lowest BCUT2D eigenvalue weighted by molar-refractivity contribution is 0.659. The molecule has 0 saturated carbocycles. The predicted molar refractivity (Wildman–Crippen MR) is 327 cm³/mol. The lowest BCUT2D eigenvalue weighted by Gasteiger charge is -2.31. The van der Waals surface area contributed by atoms with Gasteiger partial charge in [0.05, 0.1) is 0 Å². The molecule has 11 aromatic rings. The maximum absolute atomic E-state index is 2.54. The molecule has 15 rings (SSSR count). The first-order valence-electron chi connectivity index (χ1n) is 27.8. The summed E-state index contributed by atoms with van der Waals surface area (Å²) in [7, 11) is 0. The van der Waals surface area contributed by atoms with Gasteiger partial charge in [-0.05, 0) is 195 Å². The number of nitrogens with zero attached hydrogens (tertiary/aromatic N) is 1. The molecule has 77 heavy (non-hydrogen) atoms. The highest BCUT2D eigenvalue weighted by atomic mass is 15.1. The molecule has 1 heteroatoms. The van der Waals surface area contributed by atoms with Crippen molar-refractivity contribution >= 4 is 38.6 Å². The monoisotopic (exact) mass is 989 g/mol. The second-order valence-corrected chi connectivity index (χ2v) is 25.0. The lowest BCUT2D eigenvalue weighted by atomic mass is 9.80. The number of hydrogen-bond donors (Lipinski definition) is 0. The number of hydrogen-bond acceptors (Lipinski definition) is 1. The largest absolute Gasteiger partial charge is 0.310 e. The molecule has 0 fully saturated rings. The molecule has 0 spiro atoms. The SMILES string of the molecule is Cc1ccc2c(c1)C(C)(C)c1cc(N(c3ccc4c(c3)C(C)(C)c3cc(C)ccc3-4)c3ccc4c(c3)C(C)(C)c3cc(-c5c6ccccc6c(-c6ccc7c(c6)-c6ccccc6C7(C)C)c6ccccc56)ccc3-4)ccc1-2. The topological polar surface area (TPSA) is 3.24 Å². The van der Waals surface area contributed by atoms with Gasteiger partial charge < -0.3 is 4.90 Å². The Kier molecular flexibility index (Phi) is 9.38. The zero-order valence-electron chi connectivity index (χ0n) is 46.0. The zero-order chi connectivity index (χ0) is 52.7. The van der Waals surface area contributed by atoms with Gasteiger partial charge in [0.1, 0.15) is 0 Å². The first-order chi connectivity index (χ1) is 37.0. The van der Waals surface area contributed by atoms with Crippen LogP contribution >= 0.6 is 0 Å². The molecule has 372 valence electrons. The van der Waals surface area contributed by atoms with Gasteiger partial charge in [-0.25, -0.2) is 0 Å². The number of aryl methyl sites for hydroxylation is 2. The highest BCUT2D eigenvalue weighted by molar-refractivity contribution is 6.21. The van der Waals surface area contributed by atoms with Gasteiger partial charge in [-0.15, -0.1) is 0 Å². The fourth-order valence-corrected chi connectivity index (χ4v) is 15.1. The summed E-state index contributed by atoms with van der Waals surface area (Å²) >= 11 is 0. The Morgan fingerprint density at radius 2 is 0.558 bits per heavy atom. The van der Waals surface area contributed by atoms with E-state index in [0.29, 0.717) is 0 Å². The van der Waals surface area contributed by atoms with Gasteiger partial charge in [0.15, 0.2) is 0 Å². The zero-order valence-corrected chi connectivity index (χ0v) is 46.0. The van der Waals surface area contributed by atoms with Crippen molar-refractivity contribution in [3.05, 3.63) is 256 Å². The minimum Gasteiger partial charge on any atom is -0.310 e. The Balaban J connectivity index is 0.869. The molecule has 0 aromatic heterocycles. The van der Waals surface area contributed by atoms with Crippen LogP contribution in [0.1, 0.15) is 111 Å². The Morgan fingerprint density at radius 3 is 1.01 bits per heavy atom. The van der Waals surface area contributed by atoms with E-state index in [9.17, 15) is 0 Å². The first kappa shape index (κ1) is 46.1. The molecule has 11 aromatic carbocycles. The lowest BCUT2D eigenvalue weighted by Crippen LogP contribution is -2.19. The van der Waals surface area contributed by atoms with Crippen molar-refractivity contribution in [1.29, 1.82) is 0 Å². The van der Waals surface area contributed by atoms with E-state index in [4.69, 9.17) is 0 Å². The molecule has 0 N–H and O–H groups in total. The smallest absolute Gasteiger partial charge is 0.0465 e. The maximum atomic E-state index is 2.54. The molecule has 0 saturated heterocycles. The molecule has 0 aliphatic heterocycles. The van der Waals surface area contributed by atoms with E-state index < -0.39 is 0 Å². The Hall–Kier alpha value is -8.26. The van der Waals surface area contributed by atoms with E-state index in [1.54, 1.807) is 0 Å². The molecular weight excluding hydrogens is 927 g/mol. The van der Waals surface area contributed by atoms with E-state index >= 15 is 0 Å². The summed E-state index contributed by atoms with van der Waals surface area (Å²) in [6.45, 7) is 23.7. The van der Waals surface area contributed by atoms with Gasteiger partial charge in [0.2, 0.25) is 0 Å². The molecule has 0 unspecified atom stereocenters. The molecule has 0 atom stereocenters. The molecule has 0 heterocycles. The van der Waals surface area contributed by atoms with Crippen LogP contribution in [0.3, 0.4) is 0 Å². The third kappa shape index (κ3) is 6.29. The molecule has 4 aliphatic carbocycles. The second kappa shape index (κ2) is 15.7. The van der Waals surface area contributed by atoms with Crippen LogP contribution < -0.4 is 4.90 Å². The van der Waals surface area contributed by atoms with Crippen LogP contribution in [0.25, 0.3) is 88.3 Å². The van der Waals surface area contributed by atoms with Crippen molar-refractivity contribution in [2.45, 2.75) is 90.9 Å². The van der Waals surface area contributed by atoms with E-state index in [-0.39, 0.29) is 21.7 Å². The summed E-state index contributed by atoms with van der Waals surface area (Å²) in [5.74, 6) is 0. The standard InChI is InChI=1S/C76H63N/c1-44-23-30-52-55-33-27-48(41-68(55)74(5,6)65(52)37-44)77(49-28-34-56-53-31-24-45(2)38-66(53)75(7,8)69(56)42-49)50-29-35-57-54-32-25-47(40-67(54)76(9,10)70(57)43-50)72-60-20-13-11-18-58(60)71(59-19-12-14-21-61(59)72)46-26-36-64-62(39-46)51-17-15-16-22-63(51)73(64,3)4/h11-43H,1-10H3. The van der Waals surface area contributed by atoms with Gasteiger partial charge >= 0.3 is 0 Å². The van der Waals surface area contributed by atoms with Crippen LogP contribution in [0.5, 0.6) is 0 Å². The van der Waals surface area contributed by atoms with Gasteiger partial charge in [-0.3, -0.25) is 0 Å². The third-order valence-corrected chi connectivity index (χ3v) is 19.2. The van der Waals surface area contributed by atoms with Crippen molar-refractivity contribution < 1.29 is 0 Å². The average Bonchev–Trinajstić information content (AvgIpc) is 4.19. The normalized spacial score (nSPS) is 15.8. The fraction of sp³-hybridized carbons (Fsp3) is 0.184. The predicted octanol–water partition coefficient (Wildman–Crippen LogP) is 20.6. The van der Waals surface area contributed by atoms with Gasteiger partial charge in [-0.1, -0.05) is 218 Å². The minimum atomic E-state index is -0.277. The summed E-state index contributed by atoms with van der Waals surface area (Å²) in [6.07, 6.45) is 0. The summed E-state index contributed by atoms with van der Waals surface area (Å²) in [6, 6.07) is 77.6. The minimum absolute atomic E-state index is 0.0422.